The number of aromatic nitrogens is 3. The van der Waals surface area contributed by atoms with Gasteiger partial charge in [-0.1, -0.05) is 72.8 Å². The summed E-state index contributed by atoms with van der Waals surface area (Å²) < 4.78 is 14.3. The minimum atomic E-state index is 0.129. The highest BCUT2D eigenvalue weighted by atomic mass is 16.3. The number of benzene rings is 6. The Labute approximate surface area is 257 Å². The molecule has 0 unspecified atom stereocenters. The van der Waals surface area contributed by atoms with Crippen LogP contribution in [0.25, 0.3) is 82.7 Å². The van der Waals surface area contributed by atoms with Crippen molar-refractivity contribution in [2.24, 2.45) is 0 Å². The highest BCUT2D eigenvalue weighted by Crippen LogP contribution is 2.43. The summed E-state index contributed by atoms with van der Waals surface area (Å²) in [6.45, 7) is 4.65. The molecular formula is C40H24BN3O. The summed E-state index contributed by atoms with van der Waals surface area (Å²) in [4.78, 5) is 0. The zero-order valence-corrected chi connectivity index (χ0v) is 24.7. The molecule has 0 fully saturated rings. The zero-order valence-electron chi connectivity index (χ0n) is 24.7. The van der Waals surface area contributed by atoms with Crippen molar-refractivity contribution in [1.29, 1.82) is 0 Å². The number of imidazole rings is 1. The summed E-state index contributed by atoms with van der Waals surface area (Å²) in [6.07, 6.45) is 0. The van der Waals surface area contributed by atoms with Crippen LogP contribution in [0.15, 0.2) is 114 Å². The molecule has 2 aliphatic rings. The quantitative estimate of drug-likeness (QED) is 0.170. The summed E-state index contributed by atoms with van der Waals surface area (Å²) in [5, 5.41) is 6.15. The molecule has 10 aromatic rings. The first-order valence-corrected chi connectivity index (χ1v) is 15.7. The first-order chi connectivity index (χ1) is 22.2. The normalized spacial score (nSPS) is 13.5. The standard InChI is InChI=1S/C40H24BN3O/c1-21-19-32-35-33(20-21)44-38-29(13-8-15-31(38)42-30-14-5-3-9-23(30)22(2)40(42)44)41(35)28-12-7-11-25-26-17-18-27-24-10-4-6-16-34(24)45-39(27)37(26)43(32)36(25)28/h3-20H,1-2H3. The maximum Gasteiger partial charge on any atom is 0.252 e. The van der Waals surface area contributed by atoms with Crippen LogP contribution >= 0.6 is 0 Å². The molecule has 0 N–H and O–H groups in total. The predicted octanol–water partition coefficient (Wildman–Crippen LogP) is 7.79. The molecule has 6 heterocycles. The molecule has 0 spiro atoms. The molecule has 0 amide bonds. The van der Waals surface area contributed by atoms with E-state index in [0.717, 1.165) is 27.5 Å². The van der Waals surface area contributed by atoms with Gasteiger partial charge in [0.15, 0.2) is 5.58 Å². The van der Waals surface area contributed by atoms with Gasteiger partial charge in [0.05, 0.1) is 22.1 Å². The molecule has 0 saturated heterocycles. The van der Waals surface area contributed by atoms with Crippen LogP contribution in [0.1, 0.15) is 11.1 Å². The molecule has 4 aromatic heterocycles. The van der Waals surface area contributed by atoms with E-state index >= 15 is 0 Å². The maximum absolute atomic E-state index is 6.71. The van der Waals surface area contributed by atoms with Crippen LogP contribution in [0, 0.1) is 13.8 Å². The Hall–Kier alpha value is -5.68. The van der Waals surface area contributed by atoms with Gasteiger partial charge in [0.25, 0.3) is 6.71 Å². The van der Waals surface area contributed by atoms with Crippen molar-refractivity contribution in [1.82, 2.24) is 13.5 Å². The topological polar surface area (TPSA) is 27.4 Å². The molecule has 0 aliphatic carbocycles. The predicted molar refractivity (Wildman–Crippen MR) is 187 cm³/mol. The molecule has 208 valence electrons. The van der Waals surface area contributed by atoms with E-state index in [1.54, 1.807) is 0 Å². The Morgan fingerprint density at radius 3 is 2.11 bits per heavy atom. The summed E-state index contributed by atoms with van der Waals surface area (Å²) in [5.41, 5.74) is 18.6. The van der Waals surface area contributed by atoms with Crippen LogP contribution in [0.2, 0.25) is 0 Å². The Balaban J connectivity index is 1.34. The first kappa shape index (κ1) is 22.8. The Bertz CT molecular complexity index is 3020. The molecule has 12 rings (SSSR count). The smallest absolute Gasteiger partial charge is 0.252 e. The number of aryl methyl sites for hydroxylation is 2. The van der Waals surface area contributed by atoms with E-state index in [9.17, 15) is 0 Å². The average molecular weight is 573 g/mol. The maximum atomic E-state index is 6.71. The number of hydrogen-bond acceptors (Lipinski definition) is 1. The molecular weight excluding hydrogens is 549 g/mol. The van der Waals surface area contributed by atoms with Crippen molar-refractivity contribution in [3.63, 3.8) is 0 Å². The third-order valence-corrected chi connectivity index (χ3v) is 10.8. The minimum absolute atomic E-state index is 0.129. The van der Waals surface area contributed by atoms with Crippen molar-refractivity contribution in [3.05, 3.63) is 120 Å². The van der Waals surface area contributed by atoms with Gasteiger partial charge in [0, 0.05) is 49.4 Å². The molecule has 45 heavy (non-hydrogen) atoms. The Morgan fingerprint density at radius 2 is 1.22 bits per heavy atom. The van der Waals surface area contributed by atoms with Gasteiger partial charge in [-0.05, 0) is 72.2 Å². The second-order valence-corrected chi connectivity index (χ2v) is 13.0. The van der Waals surface area contributed by atoms with E-state index in [2.05, 4.69) is 137 Å². The SMILES string of the molecule is Cc1cc2c3c(c1)-n1c4c(cccc4n4c5ccccc5c(C)c14)B3c1cccc3c4ccc5c6ccccc6oc5c4n-2c13. The van der Waals surface area contributed by atoms with E-state index in [-0.39, 0.29) is 6.71 Å². The van der Waals surface area contributed by atoms with Crippen LogP contribution in [0.4, 0.5) is 0 Å². The van der Waals surface area contributed by atoms with Crippen LogP contribution in [0.3, 0.4) is 0 Å². The van der Waals surface area contributed by atoms with Crippen LogP contribution in [-0.2, 0) is 0 Å². The molecule has 6 aromatic carbocycles. The lowest BCUT2D eigenvalue weighted by atomic mass is 9.34. The van der Waals surface area contributed by atoms with Gasteiger partial charge in [-0.15, -0.1) is 0 Å². The van der Waals surface area contributed by atoms with Crippen LogP contribution in [0.5, 0.6) is 0 Å². The lowest BCUT2D eigenvalue weighted by molar-refractivity contribution is 0.671. The summed E-state index contributed by atoms with van der Waals surface area (Å²) in [7, 11) is 0. The fourth-order valence-corrected chi connectivity index (χ4v) is 9.18. The summed E-state index contributed by atoms with van der Waals surface area (Å²) in [6, 6.07) is 40.4. The number of hydrogen-bond donors (Lipinski definition) is 0. The van der Waals surface area contributed by atoms with Crippen molar-refractivity contribution >= 4 is 94.4 Å². The van der Waals surface area contributed by atoms with E-state index in [4.69, 9.17) is 4.42 Å². The van der Waals surface area contributed by atoms with Crippen LogP contribution in [-0.4, -0.2) is 20.2 Å². The van der Waals surface area contributed by atoms with E-state index < -0.39 is 0 Å². The summed E-state index contributed by atoms with van der Waals surface area (Å²) >= 11 is 0. The number of fused-ring (bicyclic) bond motifs is 16. The summed E-state index contributed by atoms with van der Waals surface area (Å²) in [5.74, 6) is 0. The molecule has 0 saturated carbocycles. The van der Waals surface area contributed by atoms with E-state index in [0.29, 0.717) is 0 Å². The van der Waals surface area contributed by atoms with Gasteiger partial charge in [-0.2, -0.15) is 0 Å². The fourth-order valence-electron chi connectivity index (χ4n) is 9.18. The van der Waals surface area contributed by atoms with Crippen LogP contribution < -0.4 is 16.4 Å². The molecule has 2 aliphatic heterocycles. The van der Waals surface area contributed by atoms with Crippen molar-refractivity contribution in [2.45, 2.75) is 13.8 Å². The second kappa shape index (κ2) is 7.33. The monoisotopic (exact) mass is 573 g/mol. The van der Waals surface area contributed by atoms with Gasteiger partial charge in [0.2, 0.25) is 0 Å². The lowest BCUT2D eigenvalue weighted by Gasteiger charge is -2.33. The van der Waals surface area contributed by atoms with Gasteiger partial charge < -0.3 is 8.98 Å². The first-order valence-electron chi connectivity index (χ1n) is 15.7. The zero-order chi connectivity index (χ0) is 29.3. The van der Waals surface area contributed by atoms with E-state index in [1.807, 2.05) is 0 Å². The largest absolute Gasteiger partial charge is 0.454 e. The second-order valence-electron chi connectivity index (χ2n) is 13.0. The van der Waals surface area contributed by atoms with Crippen molar-refractivity contribution < 1.29 is 4.42 Å². The molecule has 0 atom stereocenters. The number of furan rings is 1. The van der Waals surface area contributed by atoms with Gasteiger partial charge in [-0.25, -0.2) is 0 Å². The molecule has 4 nitrogen and oxygen atoms in total. The third kappa shape index (κ3) is 2.39. The number of nitrogens with zero attached hydrogens (tertiary/aromatic N) is 3. The molecule has 0 bridgehead atoms. The highest BCUT2D eigenvalue weighted by Gasteiger charge is 2.41. The fraction of sp³-hybridized carbons (Fsp3) is 0.0500. The molecule has 5 heteroatoms. The van der Waals surface area contributed by atoms with Gasteiger partial charge >= 0.3 is 0 Å². The van der Waals surface area contributed by atoms with Gasteiger partial charge in [0.1, 0.15) is 11.2 Å². The highest BCUT2D eigenvalue weighted by molar-refractivity contribution is 7.00. The number of para-hydroxylation sites is 4. The van der Waals surface area contributed by atoms with Crippen molar-refractivity contribution in [3.8, 4) is 11.4 Å². The van der Waals surface area contributed by atoms with E-state index in [1.165, 1.54) is 82.8 Å². The number of rotatable bonds is 0. The minimum Gasteiger partial charge on any atom is -0.454 e. The Kier molecular flexibility index (Phi) is 3.72. The van der Waals surface area contributed by atoms with Gasteiger partial charge in [-0.3, -0.25) is 8.97 Å². The molecule has 0 radical (unpaired) electrons. The van der Waals surface area contributed by atoms with Crippen molar-refractivity contribution in [2.75, 3.05) is 0 Å². The average Bonchev–Trinajstić information content (AvgIpc) is 3.79. The lowest BCUT2D eigenvalue weighted by Crippen LogP contribution is -2.59. The third-order valence-electron chi connectivity index (χ3n) is 10.8. The Morgan fingerprint density at radius 1 is 0.556 bits per heavy atom.